The molecule has 0 radical (unpaired) electrons. The molecule has 0 saturated heterocycles. The second-order valence-corrected chi connectivity index (χ2v) is 6.55. The lowest BCUT2D eigenvalue weighted by atomic mass is 9.96. The summed E-state index contributed by atoms with van der Waals surface area (Å²) in [6.07, 6.45) is 5.28. The Balaban J connectivity index is 2.96. The van der Waals surface area contributed by atoms with Crippen molar-refractivity contribution in [1.29, 1.82) is 0 Å². The fraction of sp³-hybridized carbons (Fsp3) is 0.800. The van der Waals surface area contributed by atoms with Gasteiger partial charge in [-0.25, -0.2) is 14.4 Å². The van der Waals surface area contributed by atoms with E-state index in [0.717, 1.165) is 25.7 Å². The molecular weight excluding hydrogens is 321 g/mol. The molecule has 7 nitrogen and oxygen atoms in total. The molecule has 0 aromatic carbocycles. The smallest absolute Gasteiger partial charge is 0.460 e. The first-order chi connectivity index (χ1) is 11.0. The SMILES string of the molecule is CCOC(=O)C(=C=NC1CCCCC1)OP(=O)(OCC)OCC. The van der Waals surface area contributed by atoms with E-state index in [1.54, 1.807) is 20.8 Å². The first-order valence-electron chi connectivity index (χ1n) is 8.13. The van der Waals surface area contributed by atoms with Crippen LogP contribution in [0.1, 0.15) is 52.9 Å². The molecule has 132 valence electrons. The average Bonchev–Trinajstić information content (AvgIpc) is 2.53. The summed E-state index contributed by atoms with van der Waals surface area (Å²) >= 11 is 0. The number of phosphoric ester groups is 1. The number of phosphoric acid groups is 1. The Morgan fingerprint density at radius 2 is 1.70 bits per heavy atom. The van der Waals surface area contributed by atoms with Crippen molar-refractivity contribution < 1.29 is 27.7 Å². The van der Waals surface area contributed by atoms with Gasteiger partial charge in [-0.2, -0.15) is 0 Å². The minimum absolute atomic E-state index is 0.0929. The molecule has 0 heterocycles. The lowest BCUT2D eigenvalue weighted by Gasteiger charge is -2.18. The van der Waals surface area contributed by atoms with Gasteiger partial charge in [0.1, 0.15) is 0 Å². The number of carbonyl (C=O) groups is 1. The van der Waals surface area contributed by atoms with Crippen molar-refractivity contribution in [3.8, 4) is 0 Å². The first kappa shape index (κ1) is 19.9. The summed E-state index contributed by atoms with van der Waals surface area (Å²) in [5, 5.41) is 0. The third kappa shape index (κ3) is 7.32. The first-order valence-corrected chi connectivity index (χ1v) is 9.59. The maximum atomic E-state index is 12.4. The zero-order valence-corrected chi connectivity index (χ0v) is 15.0. The Morgan fingerprint density at radius 1 is 1.09 bits per heavy atom. The van der Waals surface area contributed by atoms with Crippen LogP contribution in [0.25, 0.3) is 0 Å². The molecule has 0 N–H and O–H groups in total. The van der Waals surface area contributed by atoms with Crippen LogP contribution < -0.4 is 0 Å². The van der Waals surface area contributed by atoms with Gasteiger partial charge in [-0.05, 0) is 33.6 Å². The molecule has 0 spiro atoms. The van der Waals surface area contributed by atoms with Crippen molar-refractivity contribution in [1.82, 2.24) is 0 Å². The van der Waals surface area contributed by atoms with E-state index < -0.39 is 13.8 Å². The topological polar surface area (TPSA) is 83.4 Å². The van der Waals surface area contributed by atoms with E-state index in [1.807, 2.05) is 0 Å². The molecule has 1 aliphatic carbocycles. The Morgan fingerprint density at radius 3 is 2.22 bits per heavy atom. The largest absolute Gasteiger partial charge is 0.530 e. The van der Waals surface area contributed by atoms with Crippen LogP contribution in [0.4, 0.5) is 0 Å². The molecule has 0 amide bonds. The molecule has 0 bridgehead atoms. The molecule has 8 heteroatoms. The summed E-state index contributed by atoms with van der Waals surface area (Å²) in [5.41, 5.74) is 0. The van der Waals surface area contributed by atoms with Crippen LogP contribution >= 0.6 is 7.82 Å². The predicted molar refractivity (Wildman–Crippen MR) is 86.4 cm³/mol. The number of aliphatic imine (C=N–C) groups is 1. The maximum absolute atomic E-state index is 12.4. The molecule has 0 unspecified atom stereocenters. The highest BCUT2D eigenvalue weighted by atomic mass is 31.2. The zero-order valence-electron chi connectivity index (χ0n) is 14.1. The Bertz CT molecular complexity index is 470. The summed E-state index contributed by atoms with van der Waals surface area (Å²) in [7, 11) is -3.88. The van der Waals surface area contributed by atoms with Crippen molar-refractivity contribution in [2.75, 3.05) is 19.8 Å². The predicted octanol–water partition coefficient (Wildman–Crippen LogP) is 3.63. The number of ether oxygens (including phenoxy) is 1. The molecular formula is C15H26NO6P. The fourth-order valence-electron chi connectivity index (χ4n) is 2.18. The molecule has 0 aromatic heterocycles. The average molecular weight is 347 g/mol. The minimum atomic E-state index is -3.88. The van der Waals surface area contributed by atoms with Gasteiger partial charge in [0.15, 0.2) is 0 Å². The van der Waals surface area contributed by atoms with E-state index in [4.69, 9.17) is 18.3 Å². The summed E-state index contributed by atoms with van der Waals surface area (Å²) in [4.78, 5) is 16.2. The lowest BCUT2D eigenvalue weighted by Crippen LogP contribution is -2.14. The normalized spacial score (nSPS) is 15.6. The van der Waals surface area contributed by atoms with Crippen molar-refractivity contribution in [2.45, 2.75) is 58.9 Å². The van der Waals surface area contributed by atoms with E-state index >= 15 is 0 Å². The van der Waals surface area contributed by atoms with Gasteiger partial charge in [0, 0.05) is 5.87 Å². The van der Waals surface area contributed by atoms with Crippen molar-refractivity contribution in [3.63, 3.8) is 0 Å². The van der Waals surface area contributed by atoms with Gasteiger partial charge in [-0.15, -0.1) is 0 Å². The van der Waals surface area contributed by atoms with Crippen molar-refractivity contribution >= 4 is 19.7 Å². The molecule has 0 aliphatic heterocycles. The Kier molecular flexibility index (Phi) is 9.19. The highest BCUT2D eigenvalue weighted by Gasteiger charge is 2.32. The van der Waals surface area contributed by atoms with Gasteiger partial charge in [-0.1, -0.05) is 19.3 Å². The molecule has 0 aromatic rings. The molecule has 0 atom stereocenters. The van der Waals surface area contributed by atoms with Crippen LogP contribution in [-0.2, 0) is 27.7 Å². The highest BCUT2D eigenvalue weighted by molar-refractivity contribution is 7.48. The summed E-state index contributed by atoms with van der Waals surface area (Å²) in [6.45, 7) is 5.36. The molecule has 1 saturated carbocycles. The minimum Gasteiger partial charge on any atom is -0.460 e. The second kappa shape index (κ2) is 10.6. The van der Waals surface area contributed by atoms with Gasteiger partial charge in [-0.3, -0.25) is 9.05 Å². The van der Waals surface area contributed by atoms with Crippen molar-refractivity contribution in [3.05, 3.63) is 5.76 Å². The summed E-state index contributed by atoms with van der Waals surface area (Å²) < 4.78 is 32.5. The highest BCUT2D eigenvalue weighted by Crippen LogP contribution is 2.50. The number of rotatable bonds is 9. The molecule has 1 aliphatic rings. The van der Waals surface area contributed by atoms with E-state index in [9.17, 15) is 9.36 Å². The van der Waals surface area contributed by atoms with Crippen molar-refractivity contribution in [2.24, 2.45) is 4.99 Å². The van der Waals surface area contributed by atoms with Crippen LogP contribution in [0.15, 0.2) is 10.8 Å². The third-order valence-electron chi connectivity index (χ3n) is 3.16. The number of esters is 1. The van der Waals surface area contributed by atoms with E-state index in [-0.39, 0.29) is 31.6 Å². The standard InChI is InChI=1S/C15H26NO6P/c1-4-19-15(17)14(12-16-13-10-8-7-9-11-13)22-23(18,20-5-2)21-6-3/h13H,4-11H2,1-3H3. The van der Waals surface area contributed by atoms with Crippen LogP contribution in [-0.4, -0.2) is 37.7 Å². The number of hydrogen-bond donors (Lipinski definition) is 0. The van der Waals surface area contributed by atoms with Gasteiger partial charge >= 0.3 is 13.8 Å². The van der Waals surface area contributed by atoms with Crippen LogP contribution in [0, 0.1) is 0 Å². The second-order valence-electron chi connectivity index (χ2n) is 4.96. The van der Waals surface area contributed by atoms with Gasteiger partial charge in [0.2, 0.25) is 0 Å². The fourth-order valence-corrected chi connectivity index (χ4v) is 3.33. The Labute approximate surface area is 137 Å². The third-order valence-corrected chi connectivity index (χ3v) is 4.72. The van der Waals surface area contributed by atoms with Crippen LogP contribution in [0.5, 0.6) is 0 Å². The van der Waals surface area contributed by atoms with Crippen LogP contribution in [0.3, 0.4) is 0 Å². The van der Waals surface area contributed by atoms with Gasteiger partial charge in [0.25, 0.3) is 5.76 Å². The number of hydrogen-bond acceptors (Lipinski definition) is 7. The quantitative estimate of drug-likeness (QED) is 0.208. The van der Waals surface area contributed by atoms with E-state index in [0.29, 0.717) is 0 Å². The molecule has 1 rings (SSSR count). The zero-order chi connectivity index (χ0) is 17.1. The van der Waals surface area contributed by atoms with Crippen LogP contribution in [0.2, 0.25) is 0 Å². The van der Waals surface area contributed by atoms with Gasteiger partial charge < -0.3 is 9.26 Å². The molecule has 23 heavy (non-hydrogen) atoms. The van der Waals surface area contributed by atoms with E-state index in [1.165, 1.54) is 6.42 Å². The van der Waals surface area contributed by atoms with E-state index in [2.05, 4.69) is 10.9 Å². The summed E-state index contributed by atoms with van der Waals surface area (Å²) in [5.74, 6) is 1.40. The monoisotopic (exact) mass is 347 g/mol. The summed E-state index contributed by atoms with van der Waals surface area (Å²) in [6, 6.07) is 0.0929. The number of nitrogens with zero attached hydrogens (tertiary/aromatic N) is 1. The van der Waals surface area contributed by atoms with Gasteiger partial charge in [0.05, 0.1) is 25.9 Å². The lowest BCUT2D eigenvalue weighted by molar-refractivity contribution is -0.141. The number of carbonyl (C=O) groups excluding carboxylic acids is 1. The molecule has 1 fully saturated rings. The Hall–Kier alpha value is -1.13. The maximum Gasteiger partial charge on any atom is 0.530 e.